The number of nitrogens with one attached hydrogen (secondary N) is 1. The molecule has 0 aliphatic rings. The van der Waals surface area contributed by atoms with Crippen molar-refractivity contribution in [3.8, 4) is 5.75 Å². The third-order valence-corrected chi connectivity index (χ3v) is 4.45. The monoisotopic (exact) mass is 351 g/mol. The van der Waals surface area contributed by atoms with Gasteiger partial charge in [-0.05, 0) is 42.7 Å². The largest absolute Gasteiger partial charge is 0.492 e. The highest BCUT2D eigenvalue weighted by atomic mass is 16.5. The fraction of sp³-hybridized carbons (Fsp3) is 0.333. The first-order valence-electron chi connectivity index (χ1n) is 9.14. The van der Waals surface area contributed by atoms with Gasteiger partial charge < -0.3 is 14.6 Å². The van der Waals surface area contributed by atoms with Crippen molar-refractivity contribution in [1.29, 1.82) is 0 Å². The van der Waals surface area contributed by atoms with Gasteiger partial charge in [0.05, 0.1) is 17.6 Å². The number of hydrogen-bond acceptors (Lipinski definition) is 3. The Balaban J connectivity index is 1.67. The van der Waals surface area contributed by atoms with Crippen LogP contribution >= 0.6 is 0 Å². The average molecular weight is 351 g/mol. The molecule has 0 spiro atoms. The van der Waals surface area contributed by atoms with Crippen molar-refractivity contribution < 1.29 is 9.53 Å². The second-order valence-corrected chi connectivity index (χ2v) is 6.19. The molecular weight excluding hydrogens is 326 g/mol. The van der Waals surface area contributed by atoms with Gasteiger partial charge in [0, 0.05) is 13.0 Å². The Bertz CT molecular complexity index is 840. The van der Waals surface area contributed by atoms with E-state index in [0.717, 1.165) is 54.8 Å². The number of imidazole rings is 1. The quantitative estimate of drug-likeness (QED) is 0.450. The van der Waals surface area contributed by atoms with Crippen LogP contribution in [-0.2, 0) is 24.2 Å². The van der Waals surface area contributed by atoms with Crippen LogP contribution in [0.3, 0.4) is 0 Å². The van der Waals surface area contributed by atoms with Gasteiger partial charge in [-0.15, -0.1) is 0 Å². The number of ether oxygens (including phenoxy) is 1. The second kappa shape index (κ2) is 9.04. The number of nitrogens with zero attached hydrogens (tertiary/aromatic N) is 2. The number of amides is 1. The fourth-order valence-electron chi connectivity index (χ4n) is 3.05. The van der Waals surface area contributed by atoms with Crippen LogP contribution in [0.15, 0.2) is 48.5 Å². The fourth-order valence-corrected chi connectivity index (χ4v) is 3.05. The summed E-state index contributed by atoms with van der Waals surface area (Å²) in [6, 6.07) is 16.4. The summed E-state index contributed by atoms with van der Waals surface area (Å²) < 4.78 is 8.14. The van der Waals surface area contributed by atoms with Gasteiger partial charge in [-0.2, -0.15) is 0 Å². The lowest BCUT2D eigenvalue weighted by Crippen LogP contribution is -2.15. The summed E-state index contributed by atoms with van der Waals surface area (Å²) in [7, 11) is 0. The van der Waals surface area contributed by atoms with E-state index < -0.39 is 0 Å². The lowest BCUT2D eigenvalue weighted by atomic mass is 10.2. The molecule has 0 unspecified atom stereocenters. The molecule has 0 atom stereocenters. The van der Waals surface area contributed by atoms with E-state index in [1.807, 2.05) is 30.3 Å². The van der Waals surface area contributed by atoms with E-state index in [9.17, 15) is 4.79 Å². The van der Waals surface area contributed by atoms with Crippen LogP contribution in [0.5, 0.6) is 5.75 Å². The number of carbonyl (C=O) groups excluding carboxylic acids is 1. The van der Waals surface area contributed by atoms with Gasteiger partial charge >= 0.3 is 0 Å². The number of rotatable bonds is 10. The lowest BCUT2D eigenvalue weighted by molar-refractivity contribution is -0.109. The summed E-state index contributed by atoms with van der Waals surface area (Å²) in [5.74, 6) is 1.92. The van der Waals surface area contributed by atoms with Crippen LogP contribution in [-0.4, -0.2) is 29.1 Å². The number of carbonyl (C=O) groups is 1. The SMILES string of the molecule is CCc1ccc(OCCn2c(CCCNC=O)nc3ccccc32)cc1. The summed E-state index contributed by atoms with van der Waals surface area (Å²) in [5.41, 5.74) is 3.43. The number of aryl methyl sites for hydroxylation is 2. The highest BCUT2D eigenvalue weighted by molar-refractivity contribution is 5.75. The zero-order valence-electron chi connectivity index (χ0n) is 15.1. The Hall–Kier alpha value is -2.82. The van der Waals surface area contributed by atoms with Crippen LogP contribution in [0.25, 0.3) is 11.0 Å². The molecule has 136 valence electrons. The summed E-state index contributed by atoms with van der Waals surface area (Å²) in [6.07, 6.45) is 3.45. The van der Waals surface area contributed by atoms with Gasteiger partial charge in [0.2, 0.25) is 6.41 Å². The first-order valence-corrected chi connectivity index (χ1v) is 9.14. The van der Waals surface area contributed by atoms with Crippen LogP contribution in [0.1, 0.15) is 24.7 Å². The predicted molar refractivity (Wildman–Crippen MR) is 103 cm³/mol. The molecule has 5 heteroatoms. The van der Waals surface area contributed by atoms with Gasteiger partial charge in [-0.1, -0.05) is 31.2 Å². The molecule has 1 heterocycles. The van der Waals surface area contributed by atoms with E-state index >= 15 is 0 Å². The first-order chi connectivity index (χ1) is 12.8. The van der Waals surface area contributed by atoms with Gasteiger partial charge in [0.1, 0.15) is 18.2 Å². The molecule has 0 saturated carbocycles. The van der Waals surface area contributed by atoms with E-state index in [1.165, 1.54) is 5.56 Å². The minimum absolute atomic E-state index is 0.589. The molecule has 2 aromatic carbocycles. The summed E-state index contributed by atoms with van der Waals surface area (Å²) >= 11 is 0. The molecule has 0 aliphatic heterocycles. The van der Waals surface area contributed by atoms with Crippen molar-refractivity contribution in [2.45, 2.75) is 32.7 Å². The number of hydrogen-bond donors (Lipinski definition) is 1. The standard InChI is InChI=1S/C21H25N3O2/c1-2-17-9-11-18(12-10-17)26-15-14-24-20-7-4-3-6-19(20)23-21(24)8-5-13-22-16-25/h3-4,6-7,9-12,16H,2,5,8,13-15H2,1H3,(H,22,25). The topological polar surface area (TPSA) is 56.1 Å². The van der Waals surface area contributed by atoms with Gasteiger partial charge in [0.25, 0.3) is 0 Å². The molecule has 3 aromatic rings. The minimum Gasteiger partial charge on any atom is -0.492 e. The second-order valence-electron chi connectivity index (χ2n) is 6.19. The summed E-state index contributed by atoms with van der Waals surface area (Å²) in [4.78, 5) is 15.1. The van der Waals surface area contributed by atoms with Gasteiger partial charge in [-0.25, -0.2) is 4.98 Å². The molecule has 1 amide bonds. The van der Waals surface area contributed by atoms with E-state index in [0.29, 0.717) is 13.2 Å². The number of para-hydroxylation sites is 2. The minimum atomic E-state index is 0.589. The smallest absolute Gasteiger partial charge is 0.207 e. The van der Waals surface area contributed by atoms with Gasteiger partial charge in [0.15, 0.2) is 0 Å². The number of benzene rings is 2. The molecule has 0 radical (unpaired) electrons. The van der Waals surface area contributed by atoms with E-state index in [2.05, 4.69) is 35.0 Å². The molecule has 1 N–H and O–H groups in total. The molecule has 26 heavy (non-hydrogen) atoms. The molecule has 3 rings (SSSR count). The molecule has 0 saturated heterocycles. The van der Waals surface area contributed by atoms with E-state index in [4.69, 9.17) is 9.72 Å². The normalized spacial score (nSPS) is 10.8. The Morgan fingerprint density at radius 3 is 2.73 bits per heavy atom. The van der Waals surface area contributed by atoms with Crippen molar-refractivity contribution >= 4 is 17.4 Å². The molecule has 0 bridgehead atoms. The van der Waals surface area contributed by atoms with Crippen molar-refractivity contribution in [2.75, 3.05) is 13.2 Å². The van der Waals surface area contributed by atoms with Crippen LogP contribution < -0.4 is 10.1 Å². The maximum atomic E-state index is 10.4. The van der Waals surface area contributed by atoms with Crippen LogP contribution in [0.4, 0.5) is 0 Å². The Morgan fingerprint density at radius 1 is 1.15 bits per heavy atom. The zero-order chi connectivity index (χ0) is 18.2. The Kier molecular flexibility index (Phi) is 6.25. The molecule has 1 aromatic heterocycles. The highest BCUT2D eigenvalue weighted by Crippen LogP contribution is 2.18. The Morgan fingerprint density at radius 2 is 1.96 bits per heavy atom. The predicted octanol–water partition coefficient (Wildman–Crippen LogP) is 3.36. The Labute approximate surface area is 154 Å². The lowest BCUT2D eigenvalue weighted by Gasteiger charge is -2.11. The maximum absolute atomic E-state index is 10.4. The molecule has 0 aliphatic carbocycles. The third kappa shape index (κ3) is 4.42. The van der Waals surface area contributed by atoms with E-state index in [1.54, 1.807) is 0 Å². The zero-order valence-corrected chi connectivity index (χ0v) is 15.1. The number of fused-ring (bicyclic) bond motifs is 1. The first kappa shape index (κ1) is 18.0. The average Bonchev–Trinajstić information content (AvgIpc) is 3.03. The third-order valence-electron chi connectivity index (χ3n) is 4.45. The molecule has 5 nitrogen and oxygen atoms in total. The summed E-state index contributed by atoms with van der Waals surface area (Å²) in [5, 5.41) is 2.70. The van der Waals surface area contributed by atoms with Crippen LogP contribution in [0.2, 0.25) is 0 Å². The molecule has 0 fully saturated rings. The number of aromatic nitrogens is 2. The van der Waals surface area contributed by atoms with Crippen molar-refractivity contribution in [3.05, 3.63) is 59.9 Å². The highest BCUT2D eigenvalue weighted by Gasteiger charge is 2.10. The van der Waals surface area contributed by atoms with E-state index in [-0.39, 0.29) is 0 Å². The molecular formula is C21H25N3O2. The van der Waals surface area contributed by atoms with Crippen molar-refractivity contribution in [3.63, 3.8) is 0 Å². The maximum Gasteiger partial charge on any atom is 0.207 e. The van der Waals surface area contributed by atoms with Gasteiger partial charge in [-0.3, -0.25) is 4.79 Å². The van der Waals surface area contributed by atoms with Crippen molar-refractivity contribution in [2.24, 2.45) is 0 Å². The van der Waals surface area contributed by atoms with Crippen LogP contribution in [0, 0.1) is 0 Å². The summed E-state index contributed by atoms with van der Waals surface area (Å²) in [6.45, 7) is 4.14. The van der Waals surface area contributed by atoms with Crippen molar-refractivity contribution in [1.82, 2.24) is 14.9 Å².